The van der Waals surface area contributed by atoms with Gasteiger partial charge in [0.15, 0.2) is 0 Å². The number of nitro groups is 1. The zero-order valence-electron chi connectivity index (χ0n) is 19.3. The number of fused-ring (bicyclic) bond motifs is 3. The Morgan fingerprint density at radius 2 is 1.71 bits per heavy atom. The number of non-ortho nitro benzene ring substituents is 1. The Labute approximate surface area is 184 Å². The van der Waals surface area contributed by atoms with Crippen molar-refractivity contribution in [1.29, 1.82) is 0 Å². The van der Waals surface area contributed by atoms with Gasteiger partial charge < -0.3 is 4.90 Å². The minimum absolute atomic E-state index is 0.00938. The zero-order valence-corrected chi connectivity index (χ0v) is 19.3. The van der Waals surface area contributed by atoms with E-state index in [1.165, 1.54) is 11.1 Å². The van der Waals surface area contributed by atoms with E-state index in [4.69, 9.17) is 4.99 Å². The van der Waals surface area contributed by atoms with Crippen LogP contribution in [0.1, 0.15) is 64.2 Å². The van der Waals surface area contributed by atoms with Gasteiger partial charge in [-0.15, -0.1) is 6.58 Å². The summed E-state index contributed by atoms with van der Waals surface area (Å²) in [7, 11) is 2.02. The van der Waals surface area contributed by atoms with Crippen LogP contribution in [0.15, 0.2) is 48.0 Å². The molecule has 0 saturated heterocycles. The van der Waals surface area contributed by atoms with Gasteiger partial charge in [0.25, 0.3) is 5.69 Å². The highest BCUT2D eigenvalue weighted by Crippen LogP contribution is 2.50. The summed E-state index contributed by atoms with van der Waals surface area (Å²) >= 11 is 0. The van der Waals surface area contributed by atoms with Crippen LogP contribution in [0.25, 0.3) is 0 Å². The highest BCUT2D eigenvalue weighted by atomic mass is 16.6. The first kappa shape index (κ1) is 21.3. The van der Waals surface area contributed by atoms with Crippen LogP contribution in [0.5, 0.6) is 0 Å². The molecular formula is C26H31N3O2. The van der Waals surface area contributed by atoms with Gasteiger partial charge in [-0.3, -0.25) is 10.1 Å². The van der Waals surface area contributed by atoms with Gasteiger partial charge in [0.2, 0.25) is 0 Å². The summed E-state index contributed by atoms with van der Waals surface area (Å²) in [5, 5.41) is 11.4. The molecule has 0 bridgehead atoms. The molecule has 4 rings (SSSR count). The van der Waals surface area contributed by atoms with E-state index in [1.54, 1.807) is 18.2 Å². The standard InChI is InChI=1S/C26H31N3O2/c1-8-16(2)24-18-14-19-20(26(5,6)12-11-25(19,3)4)15-23(18)28(7)22-10-9-17(29(30)31)13-21(22)27-24/h8-10,13-16H,1,11-12H2,2-7H3. The fourth-order valence-electron chi connectivity index (χ4n) is 4.86. The molecule has 0 spiro atoms. The van der Waals surface area contributed by atoms with Crippen molar-refractivity contribution in [2.45, 2.75) is 58.3 Å². The highest BCUT2D eigenvalue weighted by molar-refractivity contribution is 6.11. The number of aliphatic imine (C=N–C) groups is 1. The zero-order chi connectivity index (χ0) is 22.7. The van der Waals surface area contributed by atoms with Crippen molar-refractivity contribution in [2.75, 3.05) is 11.9 Å². The summed E-state index contributed by atoms with van der Waals surface area (Å²) in [6.45, 7) is 15.4. The van der Waals surface area contributed by atoms with Gasteiger partial charge in [-0.05, 0) is 53.0 Å². The van der Waals surface area contributed by atoms with Gasteiger partial charge in [-0.25, -0.2) is 4.99 Å². The highest BCUT2D eigenvalue weighted by Gasteiger charge is 2.39. The number of nitrogens with zero attached hydrogens (tertiary/aromatic N) is 3. The van der Waals surface area contributed by atoms with Crippen LogP contribution >= 0.6 is 0 Å². The molecule has 162 valence electrons. The molecule has 1 aliphatic heterocycles. The molecule has 0 amide bonds. The van der Waals surface area contributed by atoms with Crippen molar-refractivity contribution in [3.8, 4) is 0 Å². The van der Waals surface area contributed by atoms with E-state index in [9.17, 15) is 10.1 Å². The third-order valence-corrected chi connectivity index (χ3v) is 7.16. The molecule has 2 aliphatic rings. The molecule has 1 heterocycles. The van der Waals surface area contributed by atoms with Crippen LogP contribution in [-0.4, -0.2) is 17.7 Å². The van der Waals surface area contributed by atoms with E-state index in [-0.39, 0.29) is 27.4 Å². The van der Waals surface area contributed by atoms with Crippen molar-refractivity contribution in [3.63, 3.8) is 0 Å². The van der Waals surface area contributed by atoms with Crippen LogP contribution in [0.3, 0.4) is 0 Å². The molecule has 5 heteroatoms. The first-order valence-corrected chi connectivity index (χ1v) is 10.9. The fourth-order valence-corrected chi connectivity index (χ4v) is 4.86. The number of allylic oxidation sites excluding steroid dienone is 1. The van der Waals surface area contributed by atoms with Crippen LogP contribution in [0.2, 0.25) is 0 Å². The van der Waals surface area contributed by atoms with Gasteiger partial charge in [-0.2, -0.15) is 0 Å². The minimum atomic E-state index is -0.367. The first-order valence-electron chi connectivity index (χ1n) is 10.9. The number of rotatable bonds is 3. The van der Waals surface area contributed by atoms with Gasteiger partial charge in [0, 0.05) is 30.7 Å². The number of hydrogen-bond donors (Lipinski definition) is 0. The molecule has 1 aliphatic carbocycles. The maximum Gasteiger partial charge on any atom is 0.271 e. The topological polar surface area (TPSA) is 58.7 Å². The van der Waals surface area contributed by atoms with Gasteiger partial charge in [0.05, 0.1) is 27.7 Å². The van der Waals surface area contributed by atoms with E-state index < -0.39 is 0 Å². The maximum atomic E-state index is 11.4. The Balaban J connectivity index is 2.06. The quantitative estimate of drug-likeness (QED) is 0.308. The van der Waals surface area contributed by atoms with Crippen LogP contribution in [-0.2, 0) is 10.8 Å². The average Bonchev–Trinajstić information content (AvgIpc) is 2.84. The summed E-state index contributed by atoms with van der Waals surface area (Å²) < 4.78 is 0. The SMILES string of the molecule is C=CC(C)C1=Nc2cc([N+](=O)[O-])ccc2N(C)c2cc3c(cc21)C(C)(C)CCC3(C)C. The lowest BCUT2D eigenvalue weighted by Crippen LogP contribution is -2.34. The Bertz CT molecular complexity index is 1130. The fraction of sp³-hybridized carbons (Fsp3) is 0.423. The minimum Gasteiger partial charge on any atom is -0.342 e. The molecule has 2 aromatic rings. The van der Waals surface area contributed by atoms with Crippen LogP contribution < -0.4 is 4.90 Å². The number of benzene rings is 2. The van der Waals surface area contributed by atoms with Crippen molar-refractivity contribution >= 4 is 28.5 Å². The largest absolute Gasteiger partial charge is 0.342 e. The normalized spacial score (nSPS) is 19.3. The van der Waals surface area contributed by atoms with Crippen molar-refractivity contribution in [2.24, 2.45) is 10.9 Å². The second-order valence-corrected chi connectivity index (χ2v) is 10.2. The van der Waals surface area contributed by atoms with E-state index >= 15 is 0 Å². The molecule has 1 atom stereocenters. The summed E-state index contributed by atoms with van der Waals surface area (Å²) in [6, 6.07) is 9.57. The first-order chi connectivity index (χ1) is 14.5. The molecule has 0 aromatic heterocycles. The molecular weight excluding hydrogens is 386 g/mol. The van der Waals surface area contributed by atoms with Gasteiger partial charge >= 0.3 is 0 Å². The number of hydrogen-bond acceptors (Lipinski definition) is 4. The second kappa shape index (κ2) is 7.04. The molecule has 5 nitrogen and oxygen atoms in total. The van der Waals surface area contributed by atoms with Crippen molar-refractivity contribution < 1.29 is 4.92 Å². The second-order valence-electron chi connectivity index (χ2n) is 10.2. The monoisotopic (exact) mass is 417 g/mol. The Kier molecular flexibility index (Phi) is 4.84. The Morgan fingerprint density at radius 3 is 2.29 bits per heavy atom. The van der Waals surface area contributed by atoms with Gasteiger partial charge in [-0.1, -0.05) is 40.7 Å². The van der Waals surface area contributed by atoms with Crippen molar-refractivity contribution in [1.82, 2.24) is 0 Å². The summed E-state index contributed by atoms with van der Waals surface area (Å²) in [5.41, 5.74) is 7.53. The number of nitro benzene ring substituents is 1. The molecule has 31 heavy (non-hydrogen) atoms. The molecule has 2 aromatic carbocycles. The molecule has 0 radical (unpaired) electrons. The Morgan fingerprint density at radius 1 is 1.10 bits per heavy atom. The Hall–Kier alpha value is -2.95. The average molecular weight is 418 g/mol. The van der Waals surface area contributed by atoms with Crippen molar-refractivity contribution in [3.05, 3.63) is 69.8 Å². The molecule has 0 saturated carbocycles. The lowest BCUT2D eigenvalue weighted by molar-refractivity contribution is -0.384. The maximum absolute atomic E-state index is 11.4. The van der Waals surface area contributed by atoms with E-state index in [1.807, 2.05) is 13.1 Å². The predicted molar refractivity (Wildman–Crippen MR) is 128 cm³/mol. The third-order valence-electron chi connectivity index (χ3n) is 7.16. The van der Waals surface area contributed by atoms with E-state index in [0.29, 0.717) is 5.69 Å². The summed E-state index contributed by atoms with van der Waals surface area (Å²) in [5.74, 6) is 0.00938. The predicted octanol–water partition coefficient (Wildman–Crippen LogP) is 6.97. The number of anilines is 2. The third kappa shape index (κ3) is 3.36. The van der Waals surface area contributed by atoms with Crippen LogP contribution in [0.4, 0.5) is 22.7 Å². The molecule has 0 fully saturated rings. The molecule has 0 N–H and O–H groups in total. The summed E-state index contributed by atoms with van der Waals surface area (Å²) in [6.07, 6.45) is 4.17. The van der Waals surface area contributed by atoms with E-state index in [2.05, 4.69) is 58.2 Å². The smallest absolute Gasteiger partial charge is 0.271 e. The lowest BCUT2D eigenvalue weighted by Gasteiger charge is -2.43. The summed E-state index contributed by atoms with van der Waals surface area (Å²) in [4.78, 5) is 18.1. The van der Waals surface area contributed by atoms with Crippen LogP contribution in [0, 0.1) is 16.0 Å². The van der Waals surface area contributed by atoms with E-state index in [0.717, 1.165) is 35.5 Å². The van der Waals surface area contributed by atoms with Gasteiger partial charge in [0.1, 0.15) is 0 Å². The lowest BCUT2D eigenvalue weighted by atomic mass is 9.62. The molecule has 1 unspecified atom stereocenters.